The molecule has 0 radical (unpaired) electrons. The third-order valence-electron chi connectivity index (χ3n) is 4.84. The fourth-order valence-electron chi connectivity index (χ4n) is 3.22. The number of rotatable bonds is 6. The topological polar surface area (TPSA) is 103 Å². The summed E-state index contributed by atoms with van der Waals surface area (Å²) in [7, 11) is 1.61. The van der Waals surface area contributed by atoms with Crippen LogP contribution in [-0.4, -0.2) is 22.4 Å². The zero-order chi connectivity index (χ0) is 22.0. The van der Waals surface area contributed by atoms with Crippen LogP contribution >= 0.6 is 11.3 Å². The largest absolute Gasteiger partial charge is 0.497 e. The molecule has 3 aromatic heterocycles. The fraction of sp³-hybridized carbons (Fsp3) is 0.182. The second kappa shape index (κ2) is 8.57. The van der Waals surface area contributed by atoms with Gasteiger partial charge in [0, 0.05) is 18.0 Å². The normalized spacial score (nSPS) is 10.9. The molecule has 1 aromatic carbocycles. The Bertz CT molecular complexity index is 1370. The molecule has 1 amide bonds. The van der Waals surface area contributed by atoms with E-state index in [-0.39, 0.29) is 11.3 Å². The number of thiazole rings is 1. The first-order chi connectivity index (χ1) is 15.0. The number of aryl methyl sites for hydroxylation is 3. The molecule has 31 heavy (non-hydrogen) atoms. The second-order valence-electron chi connectivity index (χ2n) is 6.89. The lowest BCUT2D eigenvalue weighted by Gasteiger charge is -2.08. The number of amides is 1. The summed E-state index contributed by atoms with van der Waals surface area (Å²) in [6.07, 6.45) is 4.03. The average Bonchev–Trinajstić information content (AvgIpc) is 3.24. The molecule has 0 saturated heterocycles. The Morgan fingerprint density at radius 2 is 2.00 bits per heavy atom. The SMILES string of the molecule is COc1ccc(CCc2cc(C)c(C(=O)Nc3cnc4sccn4c3=O)c(=O)o2)cc1. The fourth-order valence-corrected chi connectivity index (χ4v) is 3.90. The Balaban J connectivity index is 1.51. The van der Waals surface area contributed by atoms with E-state index in [4.69, 9.17) is 9.15 Å². The first-order valence-corrected chi connectivity index (χ1v) is 10.4. The number of aromatic nitrogens is 2. The summed E-state index contributed by atoms with van der Waals surface area (Å²) in [4.78, 5) is 42.3. The minimum absolute atomic E-state index is 0.0108. The summed E-state index contributed by atoms with van der Waals surface area (Å²) in [6.45, 7) is 1.66. The van der Waals surface area contributed by atoms with Crippen LogP contribution in [-0.2, 0) is 12.8 Å². The van der Waals surface area contributed by atoms with Crippen molar-refractivity contribution < 1.29 is 13.9 Å². The number of nitrogens with one attached hydrogen (secondary N) is 1. The van der Waals surface area contributed by atoms with Crippen molar-refractivity contribution in [1.82, 2.24) is 9.38 Å². The van der Waals surface area contributed by atoms with Gasteiger partial charge in [0.25, 0.3) is 11.5 Å². The molecule has 4 aromatic rings. The van der Waals surface area contributed by atoms with Crippen LogP contribution in [0, 0.1) is 6.92 Å². The minimum atomic E-state index is -0.744. The van der Waals surface area contributed by atoms with E-state index in [0.29, 0.717) is 29.1 Å². The smallest absolute Gasteiger partial charge is 0.349 e. The predicted octanol–water partition coefficient (Wildman–Crippen LogP) is 3.06. The van der Waals surface area contributed by atoms with Crippen LogP contribution in [0.2, 0.25) is 0 Å². The van der Waals surface area contributed by atoms with E-state index in [1.807, 2.05) is 24.3 Å². The van der Waals surface area contributed by atoms with Crippen molar-refractivity contribution in [3.63, 3.8) is 0 Å². The maximum Gasteiger partial charge on any atom is 0.349 e. The number of anilines is 1. The highest BCUT2D eigenvalue weighted by molar-refractivity contribution is 7.15. The van der Waals surface area contributed by atoms with Gasteiger partial charge < -0.3 is 14.5 Å². The molecule has 0 spiro atoms. The van der Waals surface area contributed by atoms with E-state index in [2.05, 4.69) is 10.3 Å². The van der Waals surface area contributed by atoms with Crippen molar-refractivity contribution in [1.29, 1.82) is 0 Å². The quantitative estimate of drug-likeness (QED) is 0.497. The Hall–Kier alpha value is -3.72. The van der Waals surface area contributed by atoms with Crippen molar-refractivity contribution in [3.8, 4) is 5.75 Å². The number of carbonyl (C=O) groups is 1. The molecule has 0 unspecified atom stereocenters. The Labute approximate surface area is 180 Å². The third-order valence-corrected chi connectivity index (χ3v) is 5.61. The molecular formula is C22H19N3O5S. The minimum Gasteiger partial charge on any atom is -0.497 e. The Kier molecular flexibility index (Phi) is 5.68. The number of hydrogen-bond donors (Lipinski definition) is 1. The maximum absolute atomic E-state index is 12.7. The van der Waals surface area contributed by atoms with Gasteiger partial charge in [-0.05, 0) is 42.7 Å². The van der Waals surface area contributed by atoms with Gasteiger partial charge in [-0.1, -0.05) is 12.1 Å². The first kappa shape index (κ1) is 20.5. The molecule has 0 atom stereocenters. The third kappa shape index (κ3) is 4.26. The van der Waals surface area contributed by atoms with Gasteiger partial charge in [-0.2, -0.15) is 0 Å². The summed E-state index contributed by atoms with van der Waals surface area (Å²) in [5, 5.41) is 4.20. The standard InChI is InChI=1S/C22H19N3O5S/c1-13-11-16(8-5-14-3-6-15(29-2)7-4-14)30-21(28)18(13)19(26)24-17-12-23-22-25(20(17)27)9-10-31-22/h3-4,6-7,9-12H,5,8H2,1-2H3,(H,24,26). The lowest BCUT2D eigenvalue weighted by molar-refractivity contribution is 0.102. The number of hydrogen-bond acceptors (Lipinski definition) is 7. The number of methoxy groups -OCH3 is 1. The molecule has 1 N–H and O–H groups in total. The molecule has 0 aliphatic heterocycles. The van der Waals surface area contributed by atoms with Gasteiger partial charge in [0.1, 0.15) is 22.8 Å². The summed E-state index contributed by atoms with van der Waals surface area (Å²) in [5.41, 5.74) is 0.235. The second-order valence-corrected chi connectivity index (χ2v) is 7.77. The van der Waals surface area contributed by atoms with Crippen LogP contribution in [0.15, 0.2) is 62.1 Å². The monoisotopic (exact) mass is 437 g/mol. The van der Waals surface area contributed by atoms with Crippen LogP contribution < -0.4 is 21.2 Å². The molecule has 158 valence electrons. The van der Waals surface area contributed by atoms with Crippen LogP contribution in [0.3, 0.4) is 0 Å². The Morgan fingerprint density at radius 1 is 1.23 bits per heavy atom. The van der Waals surface area contributed by atoms with E-state index in [1.165, 1.54) is 21.9 Å². The number of ether oxygens (including phenoxy) is 1. The van der Waals surface area contributed by atoms with E-state index >= 15 is 0 Å². The van der Waals surface area contributed by atoms with Gasteiger partial charge in [0.15, 0.2) is 4.96 Å². The van der Waals surface area contributed by atoms with Gasteiger partial charge in [-0.3, -0.25) is 14.0 Å². The molecule has 0 aliphatic carbocycles. The van der Waals surface area contributed by atoms with Crippen molar-refractivity contribution in [2.75, 3.05) is 12.4 Å². The lowest BCUT2D eigenvalue weighted by atomic mass is 10.1. The number of carbonyl (C=O) groups excluding carboxylic acids is 1. The highest BCUT2D eigenvalue weighted by Gasteiger charge is 2.19. The number of nitrogens with zero attached hydrogens (tertiary/aromatic N) is 2. The molecule has 3 heterocycles. The molecule has 0 aliphatic rings. The molecule has 0 bridgehead atoms. The summed E-state index contributed by atoms with van der Waals surface area (Å²) < 4.78 is 11.8. The zero-order valence-corrected chi connectivity index (χ0v) is 17.7. The maximum atomic E-state index is 12.7. The Morgan fingerprint density at radius 3 is 2.71 bits per heavy atom. The summed E-state index contributed by atoms with van der Waals surface area (Å²) >= 11 is 1.30. The molecule has 0 fully saturated rings. The molecule has 9 heteroatoms. The molecular weight excluding hydrogens is 418 g/mol. The number of fused-ring (bicyclic) bond motifs is 1. The van der Waals surface area contributed by atoms with Gasteiger partial charge in [-0.25, -0.2) is 9.78 Å². The molecule has 4 rings (SSSR count). The van der Waals surface area contributed by atoms with Crippen LogP contribution in [0.1, 0.15) is 27.2 Å². The number of benzene rings is 1. The van der Waals surface area contributed by atoms with E-state index in [1.54, 1.807) is 31.7 Å². The van der Waals surface area contributed by atoms with Gasteiger partial charge in [-0.15, -0.1) is 11.3 Å². The first-order valence-electron chi connectivity index (χ1n) is 9.49. The molecule has 8 nitrogen and oxygen atoms in total. The summed E-state index contributed by atoms with van der Waals surface area (Å²) in [6, 6.07) is 9.31. The summed E-state index contributed by atoms with van der Waals surface area (Å²) in [5.74, 6) is 0.549. The highest BCUT2D eigenvalue weighted by atomic mass is 32.1. The average molecular weight is 437 g/mol. The van der Waals surface area contributed by atoms with Gasteiger partial charge in [0.05, 0.1) is 13.3 Å². The van der Waals surface area contributed by atoms with Crippen LogP contribution in [0.25, 0.3) is 4.96 Å². The zero-order valence-electron chi connectivity index (χ0n) is 16.9. The van der Waals surface area contributed by atoms with E-state index < -0.39 is 17.1 Å². The van der Waals surface area contributed by atoms with Crippen molar-refractivity contribution in [2.45, 2.75) is 19.8 Å². The van der Waals surface area contributed by atoms with E-state index in [9.17, 15) is 14.4 Å². The van der Waals surface area contributed by atoms with Crippen molar-refractivity contribution >= 4 is 27.9 Å². The lowest BCUT2D eigenvalue weighted by Crippen LogP contribution is -2.27. The van der Waals surface area contributed by atoms with Crippen molar-refractivity contribution in [3.05, 3.63) is 91.3 Å². The predicted molar refractivity (Wildman–Crippen MR) is 117 cm³/mol. The highest BCUT2D eigenvalue weighted by Crippen LogP contribution is 2.15. The molecule has 0 saturated carbocycles. The van der Waals surface area contributed by atoms with Crippen molar-refractivity contribution in [2.24, 2.45) is 0 Å². The van der Waals surface area contributed by atoms with E-state index in [0.717, 1.165) is 11.3 Å². The van der Waals surface area contributed by atoms with Crippen LogP contribution in [0.4, 0.5) is 5.69 Å². The van der Waals surface area contributed by atoms with Gasteiger partial charge in [0.2, 0.25) is 0 Å². The van der Waals surface area contributed by atoms with Gasteiger partial charge >= 0.3 is 5.63 Å². The van der Waals surface area contributed by atoms with Crippen LogP contribution in [0.5, 0.6) is 5.75 Å².